The molecule has 0 fully saturated rings. The molecule has 2 nitrogen and oxygen atoms in total. The summed E-state index contributed by atoms with van der Waals surface area (Å²) in [6.45, 7) is 6.42. The minimum atomic E-state index is 0.375. The lowest BCUT2D eigenvalue weighted by molar-refractivity contribution is -0.534. The Morgan fingerprint density at radius 3 is 2.40 bits per heavy atom. The van der Waals surface area contributed by atoms with Crippen LogP contribution in [0.3, 0.4) is 0 Å². The largest absolute Gasteiger partial charge is 0.247 e. The highest BCUT2D eigenvalue weighted by molar-refractivity contribution is 6.28. The summed E-state index contributed by atoms with van der Waals surface area (Å²) in [6.07, 6.45) is 2.46. The molecular formula is C8H15N2+. The maximum Gasteiger partial charge on any atom is 0.247 e. The van der Waals surface area contributed by atoms with Crippen molar-refractivity contribution >= 4 is 11.9 Å². The summed E-state index contributed by atoms with van der Waals surface area (Å²) in [6, 6.07) is 0. The van der Waals surface area contributed by atoms with E-state index < -0.39 is 0 Å². The molecule has 0 saturated heterocycles. The molecule has 1 aliphatic rings. The van der Waals surface area contributed by atoms with Gasteiger partial charge in [-0.2, -0.15) is 0 Å². The Labute approximate surface area is 62.3 Å². The maximum absolute atomic E-state index is 4.46. The fourth-order valence-corrected chi connectivity index (χ4v) is 1.32. The molecule has 0 spiro atoms. The van der Waals surface area contributed by atoms with Gasteiger partial charge >= 0.3 is 0 Å². The van der Waals surface area contributed by atoms with E-state index in [1.54, 1.807) is 0 Å². The van der Waals surface area contributed by atoms with Crippen LogP contribution in [0.5, 0.6) is 0 Å². The molecule has 0 saturated carbocycles. The zero-order chi connectivity index (χ0) is 7.72. The van der Waals surface area contributed by atoms with Crippen molar-refractivity contribution in [2.24, 2.45) is 10.9 Å². The molecule has 1 heterocycles. The fraction of sp³-hybridized carbons (Fsp3) is 0.750. The molecule has 0 N–H and O–H groups in total. The smallest absolute Gasteiger partial charge is 0.216 e. The van der Waals surface area contributed by atoms with Gasteiger partial charge in [-0.1, -0.05) is 13.8 Å². The first-order chi connectivity index (χ1) is 4.61. The molecule has 0 aliphatic carbocycles. The molecule has 56 valence electrons. The Balaban J connectivity index is 2.75. The maximum atomic E-state index is 4.46. The van der Waals surface area contributed by atoms with Crippen LogP contribution in [-0.4, -0.2) is 29.7 Å². The molecule has 0 bridgehead atoms. The Morgan fingerprint density at radius 2 is 2.20 bits per heavy atom. The summed E-state index contributed by atoms with van der Waals surface area (Å²) in [5.41, 5.74) is 1.14. The van der Waals surface area contributed by atoms with E-state index in [4.69, 9.17) is 0 Å². The van der Waals surface area contributed by atoms with E-state index >= 15 is 0 Å². The molecule has 0 aromatic rings. The van der Waals surface area contributed by atoms with Crippen molar-refractivity contribution in [2.45, 2.75) is 26.9 Å². The SMILES string of the molecule is CC1=NC(C(C)C)[N+](C)=C1. The lowest BCUT2D eigenvalue weighted by Gasteiger charge is -2.06. The first-order valence-electron chi connectivity index (χ1n) is 3.72. The fourth-order valence-electron chi connectivity index (χ4n) is 1.32. The number of aliphatic imine (C=N–C) groups is 1. The predicted octanol–water partition coefficient (Wildman–Crippen LogP) is 1.16. The first-order valence-corrected chi connectivity index (χ1v) is 3.72. The number of nitrogens with zero attached hydrogens (tertiary/aromatic N) is 2. The average Bonchev–Trinajstić information content (AvgIpc) is 2.10. The van der Waals surface area contributed by atoms with Crippen LogP contribution in [-0.2, 0) is 0 Å². The van der Waals surface area contributed by atoms with Crippen LogP contribution in [0.25, 0.3) is 0 Å². The van der Waals surface area contributed by atoms with Gasteiger partial charge in [-0.05, 0) is 6.92 Å². The second-order valence-corrected chi connectivity index (χ2v) is 3.22. The van der Waals surface area contributed by atoms with Gasteiger partial charge in [-0.15, -0.1) is 0 Å². The number of rotatable bonds is 1. The van der Waals surface area contributed by atoms with Crippen molar-refractivity contribution in [3.05, 3.63) is 0 Å². The molecule has 0 amide bonds. The third kappa shape index (κ3) is 1.25. The van der Waals surface area contributed by atoms with Gasteiger partial charge in [0.2, 0.25) is 6.17 Å². The van der Waals surface area contributed by atoms with E-state index in [1.165, 1.54) is 0 Å². The molecule has 1 unspecified atom stereocenters. The Hall–Kier alpha value is -0.660. The van der Waals surface area contributed by atoms with Crippen molar-refractivity contribution in [3.8, 4) is 0 Å². The van der Waals surface area contributed by atoms with Crippen molar-refractivity contribution in [1.29, 1.82) is 0 Å². The van der Waals surface area contributed by atoms with Crippen LogP contribution in [0.4, 0.5) is 0 Å². The van der Waals surface area contributed by atoms with Crippen LogP contribution in [0.15, 0.2) is 4.99 Å². The van der Waals surface area contributed by atoms with Gasteiger partial charge in [0, 0.05) is 5.92 Å². The van der Waals surface area contributed by atoms with Gasteiger partial charge in [0.25, 0.3) is 0 Å². The van der Waals surface area contributed by atoms with E-state index in [9.17, 15) is 0 Å². The summed E-state index contributed by atoms with van der Waals surface area (Å²) in [7, 11) is 2.07. The molecule has 0 aromatic heterocycles. The zero-order valence-corrected chi connectivity index (χ0v) is 7.13. The third-order valence-corrected chi connectivity index (χ3v) is 1.74. The Kier molecular flexibility index (Phi) is 1.88. The molecule has 2 heteroatoms. The quantitative estimate of drug-likeness (QED) is 0.484. The predicted molar refractivity (Wildman–Crippen MR) is 44.0 cm³/mol. The standard InChI is InChI=1S/C8H15N2/c1-6(2)8-9-7(3)5-10(8)4/h5-6,8H,1-4H3/q+1. The van der Waals surface area contributed by atoms with E-state index in [-0.39, 0.29) is 0 Å². The number of hydrogen-bond donors (Lipinski definition) is 0. The van der Waals surface area contributed by atoms with Crippen molar-refractivity contribution < 1.29 is 4.58 Å². The van der Waals surface area contributed by atoms with Gasteiger partial charge in [-0.25, -0.2) is 9.57 Å². The van der Waals surface area contributed by atoms with Gasteiger partial charge < -0.3 is 0 Å². The Bertz CT molecular complexity index is 189. The summed E-state index contributed by atoms with van der Waals surface area (Å²) < 4.78 is 2.17. The molecular weight excluding hydrogens is 124 g/mol. The van der Waals surface area contributed by atoms with Gasteiger partial charge in [0.15, 0.2) is 6.21 Å². The van der Waals surface area contributed by atoms with Crippen LogP contribution < -0.4 is 0 Å². The van der Waals surface area contributed by atoms with Crippen molar-refractivity contribution in [1.82, 2.24) is 0 Å². The van der Waals surface area contributed by atoms with Crippen LogP contribution in [0, 0.1) is 5.92 Å². The summed E-state index contributed by atoms with van der Waals surface area (Å²) >= 11 is 0. The summed E-state index contributed by atoms with van der Waals surface area (Å²) in [5.74, 6) is 0.610. The molecule has 0 aromatic carbocycles. The van der Waals surface area contributed by atoms with E-state index in [0.717, 1.165) is 5.71 Å². The van der Waals surface area contributed by atoms with Gasteiger partial charge in [-0.3, -0.25) is 0 Å². The van der Waals surface area contributed by atoms with Crippen LogP contribution in [0.2, 0.25) is 0 Å². The molecule has 0 radical (unpaired) electrons. The highest BCUT2D eigenvalue weighted by Crippen LogP contribution is 2.09. The zero-order valence-electron chi connectivity index (χ0n) is 7.13. The van der Waals surface area contributed by atoms with Gasteiger partial charge in [0.1, 0.15) is 12.8 Å². The van der Waals surface area contributed by atoms with Crippen LogP contribution >= 0.6 is 0 Å². The monoisotopic (exact) mass is 139 g/mol. The van der Waals surface area contributed by atoms with E-state index in [0.29, 0.717) is 12.1 Å². The van der Waals surface area contributed by atoms with Gasteiger partial charge in [0.05, 0.1) is 0 Å². The third-order valence-electron chi connectivity index (χ3n) is 1.74. The molecule has 1 rings (SSSR count). The first kappa shape index (κ1) is 7.45. The summed E-state index contributed by atoms with van der Waals surface area (Å²) in [5, 5.41) is 0. The molecule has 1 atom stereocenters. The van der Waals surface area contributed by atoms with Crippen molar-refractivity contribution in [3.63, 3.8) is 0 Å². The minimum absolute atomic E-state index is 0.375. The lowest BCUT2D eigenvalue weighted by Crippen LogP contribution is -2.22. The topological polar surface area (TPSA) is 15.4 Å². The molecule has 1 aliphatic heterocycles. The van der Waals surface area contributed by atoms with Crippen molar-refractivity contribution in [2.75, 3.05) is 7.05 Å². The van der Waals surface area contributed by atoms with E-state index in [2.05, 4.69) is 36.7 Å². The highest BCUT2D eigenvalue weighted by atomic mass is 15.2. The number of hydrogen-bond acceptors (Lipinski definition) is 1. The molecule has 10 heavy (non-hydrogen) atoms. The van der Waals surface area contributed by atoms with E-state index in [1.807, 2.05) is 6.92 Å². The minimum Gasteiger partial charge on any atom is -0.216 e. The second-order valence-electron chi connectivity index (χ2n) is 3.22. The average molecular weight is 139 g/mol. The highest BCUT2D eigenvalue weighted by Gasteiger charge is 2.24. The summed E-state index contributed by atoms with van der Waals surface area (Å²) in [4.78, 5) is 4.46. The van der Waals surface area contributed by atoms with Crippen LogP contribution in [0.1, 0.15) is 20.8 Å². The Morgan fingerprint density at radius 1 is 1.60 bits per heavy atom. The second kappa shape index (κ2) is 2.52. The lowest BCUT2D eigenvalue weighted by atomic mass is 10.2. The normalized spacial score (nSPS) is 25.1.